The molecule has 158 valence electrons. The minimum Gasteiger partial charge on any atom is -0.464 e. The average Bonchev–Trinajstić information content (AvgIpc) is 3.18. The van der Waals surface area contributed by atoms with Crippen LogP contribution in [0.3, 0.4) is 0 Å². The molecule has 31 heavy (non-hydrogen) atoms. The molecule has 2 aromatic heterocycles. The van der Waals surface area contributed by atoms with E-state index in [0.717, 1.165) is 37.1 Å². The molecule has 1 fully saturated rings. The van der Waals surface area contributed by atoms with Crippen LogP contribution in [0.5, 0.6) is 0 Å². The summed E-state index contributed by atoms with van der Waals surface area (Å²) in [6.07, 6.45) is 6.83. The molecular formula is C25H24FN3O2. The number of para-hydroxylation sites is 1. The highest BCUT2D eigenvalue weighted by Gasteiger charge is 2.24. The standard InChI is InChI=1S/C25H24FN3O2/c1-15-19(24-16(2)29(28-27-24)18-11-7-4-8-12-18)13-21-22(23(15)26)25(30)20(14-31-21)17-9-5-3-6-10-17/h4,7-8,11-14,17H,3,5-6,9-10H2,1-2H3. The van der Waals surface area contributed by atoms with Gasteiger partial charge in [-0.05, 0) is 56.4 Å². The van der Waals surface area contributed by atoms with Gasteiger partial charge in [0.25, 0.3) is 0 Å². The minimum absolute atomic E-state index is 0.0393. The van der Waals surface area contributed by atoms with E-state index in [9.17, 15) is 4.79 Å². The highest BCUT2D eigenvalue weighted by molar-refractivity contribution is 5.85. The van der Waals surface area contributed by atoms with Crippen LogP contribution in [0.1, 0.15) is 54.8 Å². The lowest BCUT2D eigenvalue weighted by Gasteiger charge is -2.21. The van der Waals surface area contributed by atoms with Crippen molar-refractivity contribution in [3.8, 4) is 16.9 Å². The molecule has 5 nitrogen and oxygen atoms in total. The number of rotatable bonds is 3. The molecule has 1 saturated carbocycles. The summed E-state index contributed by atoms with van der Waals surface area (Å²) in [5, 5.41) is 8.61. The van der Waals surface area contributed by atoms with Crippen LogP contribution < -0.4 is 5.43 Å². The van der Waals surface area contributed by atoms with Crippen molar-refractivity contribution in [1.29, 1.82) is 0 Å². The second kappa shape index (κ2) is 7.76. The van der Waals surface area contributed by atoms with Gasteiger partial charge in [0.1, 0.15) is 22.5 Å². The molecule has 0 radical (unpaired) electrons. The van der Waals surface area contributed by atoms with E-state index in [2.05, 4.69) is 10.3 Å². The fourth-order valence-corrected chi connectivity index (χ4v) is 4.69. The first kappa shape index (κ1) is 19.7. The second-order valence-corrected chi connectivity index (χ2v) is 8.36. The molecule has 0 unspecified atom stereocenters. The van der Waals surface area contributed by atoms with Gasteiger partial charge in [-0.2, -0.15) is 0 Å². The van der Waals surface area contributed by atoms with Crippen LogP contribution >= 0.6 is 0 Å². The van der Waals surface area contributed by atoms with Gasteiger partial charge in [0.2, 0.25) is 0 Å². The number of hydrogen-bond donors (Lipinski definition) is 0. The molecule has 1 aliphatic rings. The van der Waals surface area contributed by atoms with Crippen molar-refractivity contribution in [1.82, 2.24) is 15.0 Å². The number of hydrogen-bond acceptors (Lipinski definition) is 4. The highest BCUT2D eigenvalue weighted by atomic mass is 19.1. The lowest BCUT2D eigenvalue weighted by molar-refractivity contribution is 0.433. The van der Waals surface area contributed by atoms with Crippen molar-refractivity contribution in [3.05, 3.63) is 75.5 Å². The largest absolute Gasteiger partial charge is 0.464 e. The van der Waals surface area contributed by atoms with Gasteiger partial charge < -0.3 is 4.42 Å². The SMILES string of the molecule is Cc1c(-c2nnn(-c3ccccc3)c2C)cc2occ(C3CCCCC3)c(=O)c2c1F. The Bertz CT molecular complexity index is 1320. The Balaban J connectivity index is 1.64. The molecule has 5 rings (SSSR count). The molecule has 0 amide bonds. The maximum atomic E-state index is 15.5. The van der Waals surface area contributed by atoms with Crippen LogP contribution in [0.15, 0.2) is 51.9 Å². The normalized spacial score (nSPS) is 14.9. The lowest BCUT2D eigenvalue weighted by Crippen LogP contribution is -2.17. The Kier molecular flexibility index (Phi) is 4.93. The monoisotopic (exact) mass is 417 g/mol. The number of aromatic nitrogens is 3. The van der Waals surface area contributed by atoms with Crippen molar-refractivity contribution in [3.63, 3.8) is 0 Å². The molecular weight excluding hydrogens is 393 g/mol. The van der Waals surface area contributed by atoms with E-state index in [0.29, 0.717) is 22.4 Å². The maximum Gasteiger partial charge on any atom is 0.199 e. The molecule has 0 bridgehead atoms. The van der Waals surface area contributed by atoms with Crippen LogP contribution in [-0.2, 0) is 0 Å². The van der Waals surface area contributed by atoms with E-state index in [1.54, 1.807) is 17.7 Å². The van der Waals surface area contributed by atoms with Crippen molar-refractivity contribution < 1.29 is 8.81 Å². The quantitative estimate of drug-likeness (QED) is 0.420. The van der Waals surface area contributed by atoms with Gasteiger partial charge in [-0.15, -0.1) is 5.10 Å². The summed E-state index contributed by atoms with van der Waals surface area (Å²) in [7, 11) is 0. The first-order chi connectivity index (χ1) is 15.1. The van der Waals surface area contributed by atoms with E-state index in [1.165, 1.54) is 12.7 Å². The van der Waals surface area contributed by atoms with Crippen molar-refractivity contribution in [2.45, 2.75) is 51.9 Å². The van der Waals surface area contributed by atoms with Crippen molar-refractivity contribution in [2.75, 3.05) is 0 Å². The third-order valence-corrected chi connectivity index (χ3v) is 6.47. The molecule has 0 saturated heterocycles. The van der Waals surface area contributed by atoms with E-state index < -0.39 is 5.82 Å². The summed E-state index contributed by atoms with van der Waals surface area (Å²) in [6, 6.07) is 11.4. The summed E-state index contributed by atoms with van der Waals surface area (Å²) >= 11 is 0. The molecule has 2 aromatic carbocycles. The van der Waals surface area contributed by atoms with Crippen LogP contribution in [0, 0.1) is 19.7 Å². The fraction of sp³-hybridized carbons (Fsp3) is 0.320. The van der Waals surface area contributed by atoms with E-state index in [4.69, 9.17) is 4.42 Å². The predicted octanol–water partition coefficient (Wildman–Crippen LogP) is 5.84. The van der Waals surface area contributed by atoms with Gasteiger partial charge in [0, 0.05) is 11.1 Å². The molecule has 0 aliphatic heterocycles. The summed E-state index contributed by atoms with van der Waals surface area (Å²) in [5.74, 6) is -0.380. The van der Waals surface area contributed by atoms with Crippen molar-refractivity contribution in [2.24, 2.45) is 0 Å². The van der Waals surface area contributed by atoms with Gasteiger partial charge in [-0.1, -0.05) is 42.7 Å². The highest BCUT2D eigenvalue weighted by Crippen LogP contribution is 2.35. The third kappa shape index (κ3) is 3.26. The first-order valence-corrected chi connectivity index (χ1v) is 10.8. The average molecular weight is 417 g/mol. The van der Waals surface area contributed by atoms with Gasteiger partial charge >= 0.3 is 0 Å². The zero-order valence-electron chi connectivity index (χ0n) is 17.7. The van der Waals surface area contributed by atoms with E-state index in [1.807, 2.05) is 37.3 Å². The molecule has 6 heteroatoms. The van der Waals surface area contributed by atoms with Gasteiger partial charge in [-0.3, -0.25) is 4.79 Å². The van der Waals surface area contributed by atoms with E-state index in [-0.39, 0.29) is 22.3 Å². The van der Waals surface area contributed by atoms with E-state index >= 15 is 4.39 Å². The topological polar surface area (TPSA) is 60.9 Å². The molecule has 0 atom stereocenters. The Morgan fingerprint density at radius 1 is 1.10 bits per heavy atom. The molecule has 2 heterocycles. The maximum absolute atomic E-state index is 15.5. The molecule has 1 aliphatic carbocycles. The Morgan fingerprint density at radius 2 is 1.84 bits per heavy atom. The molecule has 0 spiro atoms. The smallest absolute Gasteiger partial charge is 0.199 e. The Morgan fingerprint density at radius 3 is 2.58 bits per heavy atom. The number of nitrogens with zero attached hydrogens (tertiary/aromatic N) is 3. The first-order valence-electron chi connectivity index (χ1n) is 10.8. The number of benzene rings is 2. The summed E-state index contributed by atoms with van der Waals surface area (Å²) in [5.41, 5.74) is 3.80. The third-order valence-electron chi connectivity index (χ3n) is 6.47. The van der Waals surface area contributed by atoms with Gasteiger partial charge in [0.15, 0.2) is 5.43 Å². The Hall–Kier alpha value is -3.28. The van der Waals surface area contributed by atoms with Gasteiger partial charge in [0.05, 0.1) is 17.6 Å². The number of fused-ring (bicyclic) bond motifs is 1. The van der Waals surface area contributed by atoms with Gasteiger partial charge in [-0.25, -0.2) is 9.07 Å². The summed E-state index contributed by atoms with van der Waals surface area (Å²) < 4.78 is 23.0. The van der Waals surface area contributed by atoms with Crippen molar-refractivity contribution >= 4 is 11.0 Å². The second-order valence-electron chi connectivity index (χ2n) is 8.36. The zero-order valence-corrected chi connectivity index (χ0v) is 17.7. The van der Waals surface area contributed by atoms with Crippen LogP contribution in [0.2, 0.25) is 0 Å². The molecule has 0 N–H and O–H groups in total. The molecule has 4 aromatic rings. The Labute approximate surface area is 179 Å². The van der Waals surface area contributed by atoms with Crippen LogP contribution in [0.25, 0.3) is 27.9 Å². The fourth-order valence-electron chi connectivity index (χ4n) is 4.69. The predicted molar refractivity (Wildman–Crippen MR) is 118 cm³/mol. The zero-order chi connectivity index (χ0) is 21.5. The van der Waals surface area contributed by atoms with Crippen LogP contribution in [0.4, 0.5) is 4.39 Å². The summed E-state index contributed by atoms with van der Waals surface area (Å²) in [6.45, 7) is 3.57. The minimum atomic E-state index is -0.535. The van der Waals surface area contributed by atoms with Crippen LogP contribution in [-0.4, -0.2) is 15.0 Å². The summed E-state index contributed by atoms with van der Waals surface area (Å²) in [4.78, 5) is 13.2. The number of halogens is 1. The lowest BCUT2D eigenvalue weighted by atomic mass is 9.84.